The Morgan fingerprint density at radius 3 is 3.06 bits per heavy atom. The van der Waals surface area contributed by atoms with Crippen LogP contribution < -0.4 is 4.74 Å². The van der Waals surface area contributed by atoms with E-state index in [1.165, 1.54) is 11.8 Å². The Morgan fingerprint density at radius 2 is 2.33 bits per heavy atom. The third-order valence-electron chi connectivity index (χ3n) is 2.29. The van der Waals surface area contributed by atoms with Crippen molar-refractivity contribution in [3.63, 3.8) is 0 Å². The average Bonchev–Trinajstić information content (AvgIpc) is 2.84. The molecule has 0 saturated carbocycles. The van der Waals surface area contributed by atoms with E-state index in [2.05, 4.69) is 21.4 Å². The SMILES string of the molecule is C#CCSc1nnnn1-c1cc(C)ccc1OC. The molecule has 18 heavy (non-hydrogen) atoms. The first-order valence-corrected chi connectivity index (χ1v) is 6.24. The maximum atomic E-state index is 5.32. The highest BCUT2D eigenvalue weighted by Gasteiger charge is 2.13. The molecule has 0 fully saturated rings. The number of hydrogen-bond donors (Lipinski definition) is 0. The second-order valence-electron chi connectivity index (χ2n) is 3.54. The van der Waals surface area contributed by atoms with Crippen molar-refractivity contribution in [1.82, 2.24) is 20.2 Å². The van der Waals surface area contributed by atoms with Crippen molar-refractivity contribution >= 4 is 11.8 Å². The molecule has 0 unspecified atom stereocenters. The Hall–Kier alpha value is -2.00. The Morgan fingerprint density at radius 1 is 1.50 bits per heavy atom. The molecule has 1 heterocycles. The van der Waals surface area contributed by atoms with Crippen LogP contribution in [0.1, 0.15) is 5.56 Å². The lowest BCUT2D eigenvalue weighted by atomic mass is 10.2. The maximum Gasteiger partial charge on any atom is 0.215 e. The van der Waals surface area contributed by atoms with Crippen molar-refractivity contribution in [1.29, 1.82) is 0 Å². The second kappa shape index (κ2) is 5.56. The molecule has 0 atom stereocenters. The lowest BCUT2D eigenvalue weighted by Crippen LogP contribution is -2.02. The van der Waals surface area contributed by atoms with Gasteiger partial charge in [0.05, 0.1) is 12.9 Å². The Bertz CT molecular complexity index is 588. The summed E-state index contributed by atoms with van der Waals surface area (Å²) in [6, 6.07) is 5.83. The molecule has 0 amide bonds. The summed E-state index contributed by atoms with van der Waals surface area (Å²) in [7, 11) is 1.62. The molecule has 0 bridgehead atoms. The van der Waals surface area contributed by atoms with Gasteiger partial charge in [-0.1, -0.05) is 23.7 Å². The fourth-order valence-corrected chi connectivity index (χ4v) is 2.06. The quantitative estimate of drug-likeness (QED) is 0.618. The van der Waals surface area contributed by atoms with E-state index in [4.69, 9.17) is 11.2 Å². The molecule has 0 saturated heterocycles. The maximum absolute atomic E-state index is 5.32. The minimum absolute atomic E-state index is 0.522. The van der Waals surface area contributed by atoms with E-state index in [0.29, 0.717) is 10.9 Å². The summed E-state index contributed by atoms with van der Waals surface area (Å²) >= 11 is 1.41. The summed E-state index contributed by atoms with van der Waals surface area (Å²) in [4.78, 5) is 0. The molecule has 0 aliphatic rings. The second-order valence-corrected chi connectivity index (χ2v) is 4.48. The number of ether oxygens (including phenoxy) is 1. The zero-order chi connectivity index (χ0) is 13.0. The molecule has 6 heteroatoms. The molecule has 2 rings (SSSR count). The van der Waals surface area contributed by atoms with Crippen LogP contribution in [-0.2, 0) is 0 Å². The van der Waals surface area contributed by atoms with E-state index in [9.17, 15) is 0 Å². The predicted molar refractivity (Wildman–Crippen MR) is 70.0 cm³/mol. The Labute approximate surface area is 110 Å². The highest BCUT2D eigenvalue weighted by molar-refractivity contribution is 7.99. The van der Waals surface area contributed by atoms with Crippen molar-refractivity contribution in [2.75, 3.05) is 12.9 Å². The fourth-order valence-electron chi connectivity index (χ4n) is 1.49. The molecule has 0 N–H and O–H groups in total. The van der Waals surface area contributed by atoms with E-state index in [0.717, 1.165) is 17.0 Å². The number of nitrogens with zero attached hydrogens (tertiary/aromatic N) is 4. The van der Waals surface area contributed by atoms with Gasteiger partial charge in [0.2, 0.25) is 5.16 Å². The largest absolute Gasteiger partial charge is 0.494 e. The molecule has 0 spiro atoms. The third kappa shape index (κ3) is 2.46. The van der Waals surface area contributed by atoms with Gasteiger partial charge in [-0.05, 0) is 35.0 Å². The minimum Gasteiger partial charge on any atom is -0.494 e. The number of aryl methyl sites for hydroxylation is 1. The van der Waals surface area contributed by atoms with Crippen LogP contribution in [0.3, 0.4) is 0 Å². The van der Waals surface area contributed by atoms with Gasteiger partial charge < -0.3 is 4.74 Å². The summed E-state index contributed by atoms with van der Waals surface area (Å²) in [5.74, 6) is 3.79. The van der Waals surface area contributed by atoms with Gasteiger partial charge in [0.15, 0.2) is 0 Å². The predicted octanol–water partition coefficient (Wildman–Crippen LogP) is 1.70. The van der Waals surface area contributed by atoms with Gasteiger partial charge in [0, 0.05) is 0 Å². The Kier molecular flexibility index (Phi) is 3.85. The number of thioether (sulfide) groups is 1. The minimum atomic E-state index is 0.522. The van der Waals surface area contributed by atoms with Gasteiger partial charge in [-0.3, -0.25) is 0 Å². The van der Waals surface area contributed by atoms with Crippen LogP contribution in [0.5, 0.6) is 5.75 Å². The highest BCUT2D eigenvalue weighted by atomic mass is 32.2. The molecule has 0 aliphatic carbocycles. The van der Waals surface area contributed by atoms with Crippen LogP contribution in [-0.4, -0.2) is 33.1 Å². The zero-order valence-electron chi connectivity index (χ0n) is 10.1. The van der Waals surface area contributed by atoms with Crippen molar-refractivity contribution in [3.8, 4) is 23.8 Å². The van der Waals surface area contributed by atoms with Gasteiger partial charge >= 0.3 is 0 Å². The van der Waals surface area contributed by atoms with Crippen LogP contribution in [0.25, 0.3) is 5.69 Å². The average molecular weight is 260 g/mol. The third-order valence-corrected chi connectivity index (χ3v) is 3.11. The summed E-state index contributed by atoms with van der Waals surface area (Å²) in [6.45, 7) is 2.00. The van der Waals surface area contributed by atoms with Crippen molar-refractivity contribution in [3.05, 3.63) is 23.8 Å². The molecule has 5 nitrogen and oxygen atoms in total. The van der Waals surface area contributed by atoms with Gasteiger partial charge in [-0.2, -0.15) is 4.68 Å². The first kappa shape index (κ1) is 12.5. The van der Waals surface area contributed by atoms with Gasteiger partial charge in [-0.15, -0.1) is 11.5 Å². The first-order chi connectivity index (χ1) is 8.76. The number of benzene rings is 1. The van der Waals surface area contributed by atoms with E-state index in [1.807, 2.05) is 25.1 Å². The van der Waals surface area contributed by atoms with Crippen LogP contribution in [0, 0.1) is 19.3 Å². The highest BCUT2D eigenvalue weighted by Crippen LogP contribution is 2.26. The van der Waals surface area contributed by atoms with Gasteiger partial charge in [-0.25, -0.2) is 0 Å². The van der Waals surface area contributed by atoms with Gasteiger partial charge in [0.1, 0.15) is 11.4 Å². The van der Waals surface area contributed by atoms with Crippen molar-refractivity contribution < 1.29 is 4.74 Å². The number of terminal acetylenes is 1. The molecule has 0 aliphatic heterocycles. The molecule has 1 aromatic carbocycles. The topological polar surface area (TPSA) is 52.8 Å². The van der Waals surface area contributed by atoms with E-state index in [-0.39, 0.29) is 0 Å². The fraction of sp³-hybridized carbons (Fsp3) is 0.250. The molecule has 0 radical (unpaired) electrons. The van der Waals surface area contributed by atoms with E-state index in [1.54, 1.807) is 11.8 Å². The molecule has 2 aromatic rings. The van der Waals surface area contributed by atoms with Crippen LogP contribution in [0.4, 0.5) is 0 Å². The molecular formula is C12H12N4OS. The summed E-state index contributed by atoms with van der Waals surface area (Å²) in [6.07, 6.45) is 5.24. The first-order valence-electron chi connectivity index (χ1n) is 5.26. The Balaban J connectivity index is 2.45. The summed E-state index contributed by atoms with van der Waals surface area (Å²) < 4.78 is 6.95. The number of tetrazole rings is 1. The summed E-state index contributed by atoms with van der Waals surface area (Å²) in [5.41, 5.74) is 1.91. The van der Waals surface area contributed by atoms with Gasteiger partial charge in [0.25, 0.3) is 0 Å². The number of hydrogen-bond acceptors (Lipinski definition) is 5. The molecular weight excluding hydrogens is 248 g/mol. The summed E-state index contributed by atoms with van der Waals surface area (Å²) in [5, 5.41) is 12.2. The van der Waals surface area contributed by atoms with Crippen LogP contribution in [0.2, 0.25) is 0 Å². The van der Waals surface area contributed by atoms with Crippen molar-refractivity contribution in [2.45, 2.75) is 12.1 Å². The van der Waals surface area contributed by atoms with Crippen LogP contribution >= 0.6 is 11.8 Å². The van der Waals surface area contributed by atoms with E-state index < -0.39 is 0 Å². The standard InChI is InChI=1S/C12H12N4OS/c1-4-7-18-12-13-14-15-16(12)10-8-9(2)5-6-11(10)17-3/h1,5-6,8H,7H2,2-3H3. The normalized spacial score (nSPS) is 10.1. The lowest BCUT2D eigenvalue weighted by molar-refractivity contribution is 0.410. The molecule has 92 valence electrons. The smallest absolute Gasteiger partial charge is 0.215 e. The molecule has 1 aromatic heterocycles. The monoisotopic (exact) mass is 260 g/mol. The zero-order valence-corrected chi connectivity index (χ0v) is 10.9. The number of aromatic nitrogens is 4. The number of rotatable bonds is 4. The number of methoxy groups -OCH3 is 1. The van der Waals surface area contributed by atoms with Crippen molar-refractivity contribution in [2.24, 2.45) is 0 Å². The van der Waals surface area contributed by atoms with Crippen LogP contribution in [0.15, 0.2) is 23.4 Å². The lowest BCUT2D eigenvalue weighted by Gasteiger charge is -2.09. The van der Waals surface area contributed by atoms with E-state index >= 15 is 0 Å².